The van der Waals surface area contributed by atoms with Gasteiger partial charge in [0.1, 0.15) is 11.6 Å². The van der Waals surface area contributed by atoms with Crippen LogP contribution in [0.2, 0.25) is 0 Å². The van der Waals surface area contributed by atoms with Crippen molar-refractivity contribution < 1.29 is 9.53 Å². The molecule has 1 unspecified atom stereocenters. The molecule has 0 spiro atoms. The molecule has 1 aliphatic heterocycles. The van der Waals surface area contributed by atoms with Crippen molar-refractivity contribution in [1.82, 2.24) is 9.88 Å². The number of carbonyl (C=O) groups excluding carboxylic acids is 1. The molecular formula is C21H28N4O2. The molecule has 1 saturated heterocycles. The first-order valence-corrected chi connectivity index (χ1v) is 9.51. The number of hydrogen-bond acceptors (Lipinski definition) is 5. The summed E-state index contributed by atoms with van der Waals surface area (Å²) in [5.74, 6) is 1.71. The first-order chi connectivity index (χ1) is 13.1. The van der Waals surface area contributed by atoms with Gasteiger partial charge in [0.05, 0.1) is 12.7 Å². The van der Waals surface area contributed by atoms with E-state index in [4.69, 9.17) is 4.74 Å². The first kappa shape index (κ1) is 19.0. The number of anilines is 2. The maximum Gasteiger partial charge on any atom is 0.255 e. The number of methoxy groups -OCH3 is 1. The molecule has 0 aliphatic carbocycles. The number of hydrogen-bond donors (Lipinski definition) is 1. The average Bonchev–Trinajstić information content (AvgIpc) is 2.74. The van der Waals surface area contributed by atoms with Crippen LogP contribution < -0.4 is 15.0 Å². The normalized spacial score (nSPS) is 15.4. The monoisotopic (exact) mass is 368 g/mol. The van der Waals surface area contributed by atoms with E-state index in [0.717, 1.165) is 36.8 Å². The highest BCUT2D eigenvalue weighted by molar-refractivity contribution is 5.94. The SMILES string of the molecule is CCC(C)Nc1ccc(C(=O)N2CCN(c3ccc(OC)cc3)CC2)cn1. The molecule has 27 heavy (non-hydrogen) atoms. The summed E-state index contributed by atoms with van der Waals surface area (Å²) in [5.41, 5.74) is 1.80. The fraction of sp³-hybridized carbons (Fsp3) is 0.429. The molecule has 3 rings (SSSR count). The van der Waals surface area contributed by atoms with Crippen molar-refractivity contribution in [3.05, 3.63) is 48.2 Å². The van der Waals surface area contributed by atoms with Crippen LogP contribution in [0.25, 0.3) is 0 Å². The molecule has 0 radical (unpaired) electrons. The zero-order chi connectivity index (χ0) is 19.2. The Bertz CT molecular complexity index is 738. The van der Waals surface area contributed by atoms with Crippen molar-refractivity contribution in [2.75, 3.05) is 43.5 Å². The molecule has 1 fully saturated rings. The molecular weight excluding hydrogens is 340 g/mol. The summed E-state index contributed by atoms with van der Waals surface area (Å²) in [4.78, 5) is 21.3. The third kappa shape index (κ3) is 4.70. The Morgan fingerprint density at radius 1 is 1.15 bits per heavy atom. The zero-order valence-electron chi connectivity index (χ0n) is 16.3. The Morgan fingerprint density at radius 2 is 1.85 bits per heavy atom. The molecule has 2 heterocycles. The molecule has 1 aliphatic rings. The lowest BCUT2D eigenvalue weighted by Crippen LogP contribution is -2.48. The summed E-state index contributed by atoms with van der Waals surface area (Å²) in [7, 11) is 1.67. The third-order valence-corrected chi connectivity index (χ3v) is 5.02. The summed E-state index contributed by atoms with van der Waals surface area (Å²) in [6, 6.07) is 12.2. The van der Waals surface area contributed by atoms with Gasteiger partial charge in [0.15, 0.2) is 0 Å². The Morgan fingerprint density at radius 3 is 2.41 bits per heavy atom. The summed E-state index contributed by atoms with van der Waals surface area (Å²) in [6.07, 6.45) is 2.70. The number of aromatic nitrogens is 1. The third-order valence-electron chi connectivity index (χ3n) is 5.02. The molecule has 1 aromatic heterocycles. The smallest absolute Gasteiger partial charge is 0.255 e. The number of pyridine rings is 1. The number of ether oxygens (including phenoxy) is 1. The summed E-state index contributed by atoms with van der Waals surface area (Å²) in [5, 5.41) is 3.32. The molecule has 144 valence electrons. The maximum absolute atomic E-state index is 12.7. The van der Waals surface area contributed by atoms with Gasteiger partial charge in [-0.15, -0.1) is 0 Å². The van der Waals surface area contributed by atoms with Crippen LogP contribution >= 0.6 is 0 Å². The van der Waals surface area contributed by atoms with E-state index < -0.39 is 0 Å². The van der Waals surface area contributed by atoms with E-state index in [-0.39, 0.29) is 5.91 Å². The minimum Gasteiger partial charge on any atom is -0.497 e. The van der Waals surface area contributed by atoms with Gasteiger partial charge < -0.3 is 19.9 Å². The number of benzene rings is 1. The van der Waals surface area contributed by atoms with E-state index in [1.165, 1.54) is 0 Å². The van der Waals surface area contributed by atoms with Crippen LogP contribution in [0.15, 0.2) is 42.6 Å². The molecule has 6 nitrogen and oxygen atoms in total. The summed E-state index contributed by atoms with van der Waals surface area (Å²) < 4.78 is 5.21. The Balaban J connectivity index is 1.56. The summed E-state index contributed by atoms with van der Waals surface area (Å²) >= 11 is 0. The van der Waals surface area contributed by atoms with Gasteiger partial charge >= 0.3 is 0 Å². The molecule has 2 aromatic rings. The standard InChI is InChI=1S/C21H28N4O2/c1-4-16(2)23-20-10-5-17(15-22-20)21(26)25-13-11-24(12-14-25)18-6-8-19(27-3)9-7-18/h5-10,15-16H,4,11-14H2,1-3H3,(H,22,23). The fourth-order valence-corrected chi connectivity index (χ4v) is 3.10. The average molecular weight is 368 g/mol. The van der Waals surface area contributed by atoms with Crippen molar-refractivity contribution in [3.63, 3.8) is 0 Å². The predicted octanol–water partition coefficient (Wildman–Crippen LogP) is 3.26. The van der Waals surface area contributed by atoms with E-state index in [2.05, 4.69) is 41.2 Å². The number of carbonyl (C=O) groups is 1. The second-order valence-corrected chi connectivity index (χ2v) is 6.86. The number of amides is 1. The van der Waals surface area contributed by atoms with Crippen LogP contribution in [0.3, 0.4) is 0 Å². The molecule has 1 atom stereocenters. The van der Waals surface area contributed by atoms with Crippen LogP contribution in [0.1, 0.15) is 30.6 Å². The van der Waals surface area contributed by atoms with Crippen LogP contribution in [0.4, 0.5) is 11.5 Å². The highest BCUT2D eigenvalue weighted by Crippen LogP contribution is 2.21. The minimum absolute atomic E-state index is 0.0481. The van der Waals surface area contributed by atoms with Gasteiger partial charge in [0, 0.05) is 44.1 Å². The van der Waals surface area contributed by atoms with E-state index >= 15 is 0 Å². The van der Waals surface area contributed by atoms with Gasteiger partial charge in [-0.05, 0) is 49.7 Å². The number of nitrogens with one attached hydrogen (secondary N) is 1. The van der Waals surface area contributed by atoms with Gasteiger partial charge in [-0.3, -0.25) is 4.79 Å². The van der Waals surface area contributed by atoms with Crippen molar-refractivity contribution in [2.45, 2.75) is 26.3 Å². The lowest BCUT2D eigenvalue weighted by atomic mass is 10.2. The predicted molar refractivity (Wildman–Crippen MR) is 109 cm³/mol. The van der Waals surface area contributed by atoms with Gasteiger partial charge in [-0.1, -0.05) is 6.92 Å². The van der Waals surface area contributed by atoms with Crippen molar-refractivity contribution in [3.8, 4) is 5.75 Å². The van der Waals surface area contributed by atoms with E-state index in [1.54, 1.807) is 13.3 Å². The van der Waals surface area contributed by atoms with Crippen molar-refractivity contribution in [1.29, 1.82) is 0 Å². The Labute approximate surface area is 161 Å². The lowest BCUT2D eigenvalue weighted by molar-refractivity contribution is 0.0746. The quantitative estimate of drug-likeness (QED) is 0.848. The molecule has 0 bridgehead atoms. The first-order valence-electron chi connectivity index (χ1n) is 9.51. The van der Waals surface area contributed by atoms with Gasteiger partial charge in [0.2, 0.25) is 0 Å². The molecule has 0 saturated carbocycles. The van der Waals surface area contributed by atoms with Crippen molar-refractivity contribution in [2.24, 2.45) is 0 Å². The van der Waals surface area contributed by atoms with E-state index in [0.29, 0.717) is 24.7 Å². The largest absolute Gasteiger partial charge is 0.497 e. The minimum atomic E-state index is 0.0481. The van der Waals surface area contributed by atoms with Crippen LogP contribution in [-0.2, 0) is 0 Å². The molecule has 1 N–H and O–H groups in total. The van der Waals surface area contributed by atoms with E-state index in [9.17, 15) is 4.79 Å². The van der Waals surface area contributed by atoms with Gasteiger partial charge in [-0.2, -0.15) is 0 Å². The second-order valence-electron chi connectivity index (χ2n) is 6.86. The topological polar surface area (TPSA) is 57.7 Å². The van der Waals surface area contributed by atoms with E-state index in [1.807, 2.05) is 29.2 Å². The molecule has 6 heteroatoms. The number of piperazine rings is 1. The highest BCUT2D eigenvalue weighted by Gasteiger charge is 2.22. The Hall–Kier alpha value is -2.76. The highest BCUT2D eigenvalue weighted by atomic mass is 16.5. The summed E-state index contributed by atoms with van der Waals surface area (Å²) in [6.45, 7) is 7.29. The molecule has 1 aromatic carbocycles. The Kier molecular flexibility index (Phi) is 6.16. The second kappa shape index (κ2) is 8.75. The zero-order valence-corrected chi connectivity index (χ0v) is 16.3. The van der Waals surface area contributed by atoms with Crippen LogP contribution in [-0.4, -0.2) is 55.1 Å². The van der Waals surface area contributed by atoms with Crippen LogP contribution in [0, 0.1) is 0 Å². The van der Waals surface area contributed by atoms with Gasteiger partial charge in [-0.25, -0.2) is 4.98 Å². The molecule has 1 amide bonds. The maximum atomic E-state index is 12.7. The van der Waals surface area contributed by atoms with Gasteiger partial charge in [0.25, 0.3) is 5.91 Å². The van der Waals surface area contributed by atoms with Crippen LogP contribution in [0.5, 0.6) is 5.75 Å². The fourth-order valence-electron chi connectivity index (χ4n) is 3.10. The van der Waals surface area contributed by atoms with Crippen molar-refractivity contribution >= 4 is 17.4 Å². The lowest BCUT2D eigenvalue weighted by Gasteiger charge is -2.36. The number of rotatable bonds is 6. The number of nitrogens with zero attached hydrogens (tertiary/aromatic N) is 3.